The lowest BCUT2D eigenvalue weighted by Crippen LogP contribution is -2.42. The van der Waals surface area contributed by atoms with Gasteiger partial charge in [-0.05, 0) is 31.7 Å². The van der Waals surface area contributed by atoms with Gasteiger partial charge in [-0.2, -0.15) is 13.2 Å². The van der Waals surface area contributed by atoms with Gasteiger partial charge in [0.1, 0.15) is 0 Å². The molecular weight excluding hydrogens is 239 g/mol. The largest absolute Gasteiger partial charge is 0.441 e. The van der Waals surface area contributed by atoms with Gasteiger partial charge in [-0.1, -0.05) is 12.8 Å². The average molecular weight is 257 g/mol. The van der Waals surface area contributed by atoms with Gasteiger partial charge in [0.15, 0.2) is 0 Å². The Bertz CT molecular complexity index is 201. The zero-order valence-corrected chi connectivity index (χ0v) is 10.2. The summed E-state index contributed by atoms with van der Waals surface area (Å²) in [5.74, 6) is -0.0174. The van der Waals surface area contributed by atoms with Gasteiger partial charge in [0, 0.05) is 11.8 Å². The summed E-state index contributed by atoms with van der Waals surface area (Å²) >= 11 is -0.0144. The topological polar surface area (TPSA) is 21.3 Å². The molecule has 0 saturated heterocycles. The van der Waals surface area contributed by atoms with Gasteiger partial charge >= 0.3 is 5.51 Å². The summed E-state index contributed by atoms with van der Waals surface area (Å²) < 4.78 is 41.1. The Morgan fingerprint density at radius 3 is 2.62 bits per heavy atom. The highest BCUT2D eigenvalue weighted by atomic mass is 32.2. The van der Waals surface area contributed by atoms with Crippen molar-refractivity contribution >= 4 is 11.8 Å². The minimum Gasteiger partial charge on any atom is -0.376 e. The van der Waals surface area contributed by atoms with E-state index in [9.17, 15) is 13.2 Å². The molecule has 2 nitrogen and oxygen atoms in total. The molecule has 16 heavy (non-hydrogen) atoms. The van der Waals surface area contributed by atoms with E-state index >= 15 is 0 Å². The molecule has 6 heteroatoms. The van der Waals surface area contributed by atoms with Crippen molar-refractivity contribution in [2.75, 3.05) is 19.4 Å². The second-order valence-corrected chi connectivity index (χ2v) is 5.04. The van der Waals surface area contributed by atoms with Crippen LogP contribution in [0.2, 0.25) is 0 Å². The summed E-state index contributed by atoms with van der Waals surface area (Å²) in [7, 11) is 1.87. The average Bonchev–Trinajstić information content (AvgIpc) is 2.23. The maximum Gasteiger partial charge on any atom is 0.441 e. The van der Waals surface area contributed by atoms with Crippen molar-refractivity contribution in [2.24, 2.45) is 0 Å². The summed E-state index contributed by atoms with van der Waals surface area (Å²) in [6, 6.07) is 0.296. The molecule has 1 fully saturated rings. The van der Waals surface area contributed by atoms with Crippen LogP contribution >= 0.6 is 11.8 Å². The minimum atomic E-state index is -4.14. The van der Waals surface area contributed by atoms with E-state index in [0.29, 0.717) is 6.04 Å². The highest BCUT2D eigenvalue weighted by Gasteiger charge is 2.28. The van der Waals surface area contributed by atoms with Crippen molar-refractivity contribution in [3.05, 3.63) is 0 Å². The van der Waals surface area contributed by atoms with Gasteiger partial charge in [0.25, 0.3) is 0 Å². The summed E-state index contributed by atoms with van der Waals surface area (Å²) in [5.41, 5.74) is -4.14. The van der Waals surface area contributed by atoms with Crippen LogP contribution in [0.5, 0.6) is 0 Å². The SMILES string of the molecule is CNC1CCCCC1OCCSC(F)(F)F. The van der Waals surface area contributed by atoms with E-state index in [2.05, 4.69) is 5.32 Å². The van der Waals surface area contributed by atoms with Crippen molar-refractivity contribution in [3.63, 3.8) is 0 Å². The maximum absolute atomic E-state index is 11.9. The normalized spacial score (nSPS) is 27.0. The molecule has 0 aromatic rings. The Morgan fingerprint density at radius 2 is 2.00 bits per heavy atom. The van der Waals surface area contributed by atoms with Crippen LogP contribution in [-0.2, 0) is 4.74 Å². The third kappa shape index (κ3) is 5.41. The molecule has 1 rings (SSSR count). The fourth-order valence-electron chi connectivity index (χ4n) is 1.98. The Labute approximate surface area is 98.3 Å². The quantitative estimate of drug-likeness (QED) is 0.765. The van der Waals surface area contributed by atoms with E-state index in [1.54, 1.807) is 0 Å². The number of hydrogen-bond acceptors (Lipinski definition) is 3. The van der Waals surface area contributed by atoms with Crippen molar-refractivity contribution < 1.29 is 17.9 Å². The molecule has 96 valence electrons. The first-order valence-electron chi connectivity index (χ1n) is 5.52. The smallest absolute Gasteiger partial charge is 0.376 e. The van der Waals surface area contributed by atoms with Gasteiger partial charge in [0.05, 0.1) is 12.7 Å². The minimum absolute atomic E-state index is 0.0144. The lowest BCUT2D eigenvalue weighted by molar-refractivity contribution is -0.0340. The van der Waals surface area contributed by atoms with E-state index in [0.717, 1.165) is 19.3 Å². The molecule has 0 bridgehead atoms. The summed E-state index contributed by atoms with van der Waals surface area (Å²) in [5, 5.41) is 3.16. The van der Waals surface area contributed by atoms with Crippen LogP contribution < -0.4 is 5.32 Å². The van der Waals surface area contributed by atoms with Crippen LogP contribution in [0.25, 0.3) is 0 Å². The highest BCUT2D eigenvalue weighted by Crippen LogP contribution is 2.30. The molecular formula is C10H18F3NOS. The number of likely N-dealkylation sites (N-methyl/N-ethyl adjacent to an activating group) is 1. The van der Waals surface area contributed by atoms with Crippen LogP contribution in [-0.4, -0.2) is 37.1 Å². The van der Waals surface area contributed by atoms with E-state index in [1.165, 1.54) is 6.42 Å². The van der Waals surface area contributed by atoms with E-state index in [-0.39, 0.29) is 30.2 Å². The summed E-state index contributed by atoms with van der Waals surface area (Å²) in [6.45, 7) is 0.174. The lowest BCUT2D eigenvalue weighted by Gasteiger charge is -2.31. The number of nitrogens with one attached hydrogen (secondary N) is 1. The Hall–Kier alpha value is 0.0600. The van der Waals surface area contributed by atoms with Crippen LogP contribution in [0, 0.1) is 0 Å². The molecule has 1 N–H and O–H groups in total. The standard InChI is InChI=1S/C10H18F3NOS/c1-14-8-4-2-3-5-9(8)15-6-7-16-10(11,12)13/h8-9,14H,2-7H2,1H3. The number of halogens is 3. The molecule has 0 aromatic heterocycles. The van der Waals surface area contributed by atoms with Gasteiger partial charge in [0.2, 0.25) is 0 Å². The molecule has 1 aliphatic rings. The number of rotatable bonds is 5. The molecule has 1 saturated carbocycles. The lowest BCUT2D eigenvalue weighted by atomic mass is 9.92. The van der Waals surface area contributed by atoms with Gasteiger partial charge < -0.3 is 10.1 Å². The van der Waals surface area contributed by atoms with Gasteiger partial charge in [-0.15, -0.1) is 0 Å². The molecule has 0 aliphatic heterocycles. The van der Waals surface area contributed by atoms with Crippen LogP contribution in [0.1, 0.15) is 25.7 Å². The zero-order chi connectivity index (χ0) is 12.0. The number of hydrogen-bond donors (Lipinski definition) is 1. The number of ether oxygens (including phenoxy) is 1. The molecule has 1 aliphatic carbocycles. The van der Waals surface area contributed by atoms with Gasteiger partial charge in [-0.3, -0.25) is 0 Å². The molecule has 0 aromatic carbocycles. The number of alkyl halides is 3. The first kappa shape index (κ1) is 14.1. The Kier molecular flexibility index (Phi) is 5.92. The van der Waals surface area contributed by atoms with E-state index in [1.807, 2.05) is 7.05 Å². The summed E-state index contributed by atoms with van der Waals surface area (Å²) in [4.78, 5) is 0. The first-order chi connectivity index (χ1) is 7.53. The second kappa shape index (κ2) is 6.71. The second-order valence-electron chi connectivity index (χ2n) is 3.88. The van der Waals surface area contributed by atoms with E-state index in [4.69, 9.17) is 4.74 Å². The predicted octanol–water partition coefficient (Wildman–Crippen LogP) is 2.79. The van der Waals surface area contributed by atoms with Crippen molar-refractivity contribution in [2.45, 2.75) is 43.3 Å². The summed E-state index contributed by atoms with van der Waals surface area (Å²) in [6.07, 6.45) is 4.35. The third-order valence-corrected chi connectivity index (χ3v) is 3.45. The number of thioether (sulfide) groups is 1. The maximum atomic E-state index is 11.9. The van der Waals surface area contributed by atoms with Crippen LogP contribution in [0.15, 0.2) is 0 Å². The fraction of sp³-hybridized carbons (Fsp3) is 1.00. The Morgan fingerprint density at radius 1 is 1.31 bits per heavy atom. The first-order valence-corrected chi connectivity index (χ1v) is 6.51. The molecule has 2 atom stereocenters. The monoisotopic (exact) mass is 257 g/mol. The third-order valence-electron chi connectivity index (χ3n) is 2.75. The van der Waals surface area contributed by atoms with Crippen molar-refractivity contribution in [1.82, 2.24) is 5.32 Å². The molecule has 0 amide bonds. The predicted molar refractivity (Wildman–Crippen MR) is 59.6 cm³/mol. The zero-order valence-electron chi connectivity index (χ0n) is 9.35. The van der Waals surface area contributed by atoms with Gasteiger partial charge in [-0.25, -0.2) is 0 Å². The Balaban J connectivity index is 2.15. The van der Waals surface area contributed by atoms with Crippen LogP contribution in [0.4, 0.5) is 13.2 Å². The van der Waals surface area contributed by atoms with Crippen molar-refractivity contribution in [1.29, 1.82) is 0 Å². The van der Waals surface area contributed by atoms with Crippen LogP contribution in [0.3, 0.4) is 0 Å². The molecule has 2 unspecified atom stereocenters. The highest BCUT2D eigenvalue weighted by molar-refractivity contribution is 8.00. The molecule has 0 heterocycles. The van der Waals surface area contributed by atoms with Crippen molar-refractivity contribution in [3.8, 4) is 0 Å². The molecule has 0 radical (unpaired) electrons. The molecule has 0 spiro atoms. The van der Waals surface area contributed by atoms with E-state index < -0.39 is 5.51 Å². The fourth-order valence-corrected chi connectivity index (χ4v) is 2.39.